The van der Waals surface area contributed by atoms with Crippen molar-refractivity contribution >= 4 is 28.6 Å². The number of benzene rings is 1. The van der Waals surface area contributed by atoms with E-state index in [2.05, 4.69) is 19.9 Å². The minimum absolute atomic E-state index is 0.473. The lowest BCUT2D eigenvalue weighted by Crippen LogP contribution is -1.96. The monoisotopic (exact) mass is 257 g/mol. The minimum Gasteiger partial charge on any atom is -0.384 e. The topological polar surface area (TPSA) is 80.5 Å². The van der Waals surface area contributed by atoms with Crippen molar-refractivity contribution in [3.63, 3.8) is 0 Å². The normalized spacial score (nSPS) is 10.9. The largest absolute Gasteiger partial charge is 0.384 e. The molecular formula is C12H11N5S. The summed E-state index contributed by atoms with van der Waals surface area (Å²) in [4.78, 5) is 16.1. The maximum Gasteiger partial charge on any atom is 0.172 e. The number of rotatable bonds is 2. The SMILES string of the molecule is Cc1nc(N)cc(Sc2nc3ccccc3[nH]2)n1. The molecule has 2 aromatic heterocycles. The number of imidazole rings is 1. The number of fused-ring (bicyclic) bond motifs is 1. The Morgan fingerprint density at radius 1 is 1.17 bits per heavy atom. The van der Waals surface area contributed by atoms with Crippen molar-refractivity contribution in [2.24, 2.45) is 0 Å². The summed E-state index contributed by atoms with van der Waals surface area (Å²) in [6.07, 6.45) is 0. The molecule has 0 bridgehead atoms. The lowest BCUT2D eigenvalue weighted by Gasteiger charge is -2.00. The van der Waals surface area contributed by atoms with Crippen molar-refractivity contribution < 1.29 is 0 Å². The van der Waals surface area contributed by atoms with E-state index in [-0.39, 0.29) is 0 Å². The molecule has 5 nitrogen and oxygen atoms in total. The zero-order valence-electron chi connectivity index (χ0n) is 9.71. The lowest BCUT2D eigenvalue weighted by atomic mass is 10.3. The van der Waals surface area contributed by atoms with Gasteiger partial charge in [-0.15, -0.1) is 0 Å². The van der Waals surface area contributed by atoms with Crippen LogP contribution in [0.15, 0.2) is 40.5 Å². The fourth-order valence-electron chi connectivity index (χ4n) is 1.69. The summed E-state index contributed by atoms with van der Waals surface area (Å²) in [5.74, 6) is 1.13. The number of para-hydroxylation sites is 2. The second-order valence-electron chi connectivity index (χ2n) is 3.84. The zero-order chi connectivity index (χ0) is 12.5. The van der Waals surface area contributed by atoms with E-state index in [4.69, 9.17) is 5.73 Å². The van der Waals surface area contributed by atoms with Crippen molar-refractivity contribution in [3.05, 3.63) is 36.2 Å². The molecule has 90 valence electrons. The van der Waals surface area contributed by atoms with Gasteiger partial charge < -0.3 is 10.7 Å². The second kappa shape index (κ2) is 4.30. The van der Waals surface area contributed by atoms with Gasteiger partial charge in [0.15, 0.2) is 5.16 Å². The molecule has 3 N–H and O–H groups in total. The predicted octanol–water partition coefficient (Wildman–Crippen LogP) is 2.39. The van der Waals surface area contributed by atoms with Crippen LogP contribution in [-0.4, -0.2) is 19.9 Å². The number of aromatic amines is 1. The molecular weight excluding hydrogens is 246 g/mol. The first-order chi connectivity index (χ1) is 8.70. The zero-order valence-corrected chi connectivity index (χ0v) is 10.5. The predicted molar refractivity (Wildman–Crippen MR) is 71.4 cm³/mol. The molecule has 3 aromatic rings. The van der Waals surface area contributed by atoms with Gasteiger partial charge >= 0.3 is 0 Å². The van der Waals surface area contributed by atoms with Gasteiger partial charge in [-0.05, 0) is 30.8 Å². The number of nitrogens with zero attached hydrogens (tertiary/aromatic N) is 3. The van der Waals surface area contributed by atoms with Gasteiger partial charge in [-0.2, -0.15) is 0 Å². The van der Waals surface area contributed by atoms with E-state index in [9.17, 15) is 0 Å². The van der Waals surface area contributed by atoms with Crippen LogP contribution in [0.4, 0.5) is 5.82 Å². The van der Waals surface area contributed by atoms with Crippen LogP contribution in [0.5, 0.6) is 0 Å². The molecule has 0 saturated heterocycles. The van der Waals surface area contributed by atoms with Crippen molar-refractivity contribution in [2.75, 3.05) is 5.73 Å². The third kappa shape index (κ3) is 2.14. The molecule has 0 saturated carbocycles. The summed E-state index contributed by atoms with van der Waals surface area (Å²) in [5, 5.41) is 1.59. The smallest absolute Gasteiger partial charge is 0.172 e. The van der Waals surface area contributed by atoms with Gasteiger partial charge in [0.25, 0.3) is 0 Å². The van der Waals surface area contributed by atoms with Crippen LogP contribution >= 0.6 is 11.8 Å². The Morgan fingerprint density at radius 3 is 2.78 bits per heavy atom. The molecule has 0 radical (unpaired) electrons. The highest BCUT2D eigenvalue weighted by Crippen LogP contribution is 2.26. The number of anilines is 1. The minimum atomic E-state index is 0.473. The number of hydrogen-bond acceptors (Lipinski definition) is 5. The van der Waals surface area contributed by atoms with Crippen LogP contribution in [0.1, 0.15) is 5.82 Å². The van der Waals surface area contributed by atoms with E-state index in [1.807, 2.05) is 31.2 Å². The Balaban J connectivity index is 1.96. The molecule has 0 fully saturated rings. The van der Waals surface area contributed by atoms with Crippen molar-refractivity contribution in [2.45, 2.75) is 17.1 Å². The summed E-state index contributed by atoms with van der Waals surface area (Å²) in [6.45, 7) is 1.82. The first-order valence-electron chi connectivity index (χ1n) is 5.44. The third-order valence-electron chi connectivity index (χ3n) is 2.40. The number of aromatic nitrogens is 4. The lowest BCUT2D eigenvalue weighted by molar-refractivity contribution is 0.967. The molecule has 3 rings (SSSR count). The Kier molecular flexibility index (Phi) is 2.64. The highest BCUT2D eigenvalue weighted by Gasteiger charge is 2.06. The van der Waals surface area contributed by atoms with Crippen LogP contribution in [0.2, 0.25) is 0 Å². The fourth-order valence-corrected chi connectivity index (χ4v) is 2.55. The first kappa shape index (κ1) is 11.0. The van der Waals surface area contributed by atoms with Gasteiger partial charge in [-0.1, -0.05) is 12.1 Å². The molecule has 0 unspecified atom stereocenters. The standard InChI is InChI=1S/C12H11N5S/c1-7-14-10(13)6-11(15-7)18-12-16-8-4-2-3-5-9(8)17-12/h2-6H,1H3,(H,16,17)(H2,13,14,15). The van der Waals surface area contributed by atoms with Gasteiger partial charge in [0, 0.05) is 6.07 Å². The van der Waals surface area contributed by atoms with E-state index >= 15 is 0 Å². The van der Waals surface area contributed by atoms with Crippen LogP contribution in [0.25, 0.3) is 11.0 Å². The Morgan fingerprint density at radius 2 is 2.00 bits per heavy atom. The second-order valence-corrected chi connectivity index (χ2v) is 4.85. The molecule has 0 aliphatic carbocycles. The van der Waals surface area contributed by atoms with Gasteiger partial charge in [0.05, 0.1) is 11.0 Å². The summed E-state index contributed by atoms with van der Waals surface area (Å²) in [5.41, 5.74) is 7.65. The summed E-state index contributed by atoms with van der Waals surface area (Å²) in [7, 11) is 0. The van der Waals surface area contributed by atoms with Crippen molar-refractivity contribution in [3.8, 4) is 0 Å². The molecule has 1 aromatic carbocycles. The number of nitrogen functional groups attached to an aromatic ring is 1. The quantitative estimate of drug-likeness (QED) is 0.689. The molecule has 0 amide bonds. The van der Waals surface area contributed by atoms with Gasteiger partial charge in [0.2, 0.25) is 0 Å². The Bertz CT molecular complexity index is 653. The maximum absolute atomic E-state index is 5.69. The summed E-state index contributed by atoms with van der Waals surface area (Å²) in [6, 6.07) is 9.64. The molecule has 6 heteroatoms. The van der Waals surface area contributed by atoms with Crippen LogP contribution < -0.4 is 5.73 Å². The first-order valence-corrected chi connectivity index (χ1v) is 6.26. The van der Waals surface area contributed by atoms with E-state index in [1.54, 1.807) is 6.07 Å². The Labute approximate surface area is 108 Å². The van der Waals surface area contributed by atoms with Gasteiger partial charge in [0.1, 0.15) is 16.7 Å². The van der Waals surface area contributed by atoms with Gasteiger partial charge in [-0.3, -0.25) is 0 Å². The average molecular weight is 257 g/mol. The summed E-state index contributed by atoms with van der Waals surface area (Å²) >= 11 is 1.44. The number of nitrogens with two attached hydrogens (primary N) is 1. The van der Waals surface area contributed by atoms with Crippen LogP contribution in [-0.2, 0) is 0 Å². The van der Waals surface area contributed by atoms with Crippen LogP contribution in [0.3, 0.4) is 0 Å². The van der Waals surface area contributed by atoms with Crippen LogP contribution in [0, 0.1) is 6.92 Å². The maximum atomic E-state index is 5.69. The number of nitrogens with one attached hydrogen (secondary N) is 1. The van der Waals surface area contributed by atoms with Crippen molar-refractivity contribution in [1.29, 1.82) is 0 Å². The summed E-state index contributed by atoms with van der Waals surface area (Å²) < 4.78 is 0. The van der Waals surface area contributed by atoms with E-state index < -0.39 is 0 Å². The molecule has 0 aliphatic heterocycles. The van der Waals surface area contributed by atoms with Gasteiger partial charge in [-0.25, -0.2) is 15.0 Å². The molecule has 0 aliphatic rings. The average Bonchev–Trinajstić information content (AvgIpc) is 2.69. The highest BCUT2D eigenvalue weighted by atomic mass is 32.2. The fraction of sp³-hybridized carbons (Fsp3) is 0.0833. The molecule has 2 heterocycles. The van der Waals surface area contributed by atoms with Crippen molar-refractivity contribution in [1.82, 2.24) is 19.9 Å². The number of hydrogen-bond donors (Lipinski definition) is 2. The van der Waals surface area contributed by atoms with E-state index in [0.717, 1.165) is 21.2 Å². The van der Waals surface area contributed by atoms with E-state index in [1.165, 1.54) is 11.8 Å². The molecule has 0 atom stereocenters. The number of H-pyrrole nitrogens is 1. The molecule has 18 heavy (non-hydrogen) atoms. The number of aryl methyl sites for hydroxylation is 1. The Hall–Kier alpha value is -2.08. The van der Waals surface area contributed by atoms with E-state index in [0.29, 0.717) is 11.6 Å². The highest BCUT2D eigenvalue weighted by molar-refractivity contribution is 7.99. The molecule has 0 spiro atoms. The third-order valence-corrected chi connectivity index (χ3v) is 3.21.